The van der Waals surface area contributed by atoms with Crippen LogP contribution in [0, 0.1) is 5.92 Å². The second-order valence-electron chi connectivity index (χ2n) is 6.61. The first-order valence-electron chi connectivity index (χ1n) is 8.44. The Morgan fingerprint density at radius 3 is 2.12 bits per heavy atom. The van der Waals surface area contributed by atoms with Crippen LogP contribution in [-0.4, -0.2) is 31.5 Å². The highest BCUT2D eigenvalue weighted by molar-refractivity contribution is 5.77. The maximum atomic E-state index is 12.7. The molecule has 0 bridgehead atoms. The van der Waals surface area contributed by atoms with E-state index in [2.05, 4.69) is 26.0 Å². The minimum Gasteiger partial charge on any atom is -0.497 e. The van der Waals surface area contributed by atoms with Gasteiger partial charge in [-0.3, -0.25) is 4.79 Å². The first-order chi connectivity index (χ1) is 11.5. The lowest BCUT2D eigenvalue weighted by atomic mass is 9.88. The van der Waals surface area contributed by atoms with Crippen LogP contribution < -0.4 is 4.74 Å². The normalized spacial score (nSPS) is 12.0. The van der Waals surface area contributed by atoms with Gasteiger partial charge < -0.3 is 9.64 Å². The van der Waals surface area contributed by atoms with E-state index in [1.807, 2.05) is 54.4 Å². The number of carbonyl (C=O) groups excluding carboxylic acids is 1. The molecule has 0 spiro atoms. The molecule has 0 saturated heterocycles. The Kier molecular flexibility index (Phi) is 6.42. The summed E-state index contributed by atoms with van der Waals surface area (Å²) in [4.78, 5) is 14.5. The average molecular weight is 325 g/mol. The van der Waals surface area contributed by atoms with Crippen molar-refractivity contribution in [2.45, 2.75) is 26.2 Å². The fraction of sp³-hybridized carbons (Fsp3) is 0.381. The zero-order valence-corrected chi connectivity index (χ0v) is 15.0. The molecule has 0 radical (unpaired) electrons. The Balaban J connectivity index is 2.25. The summed E-state index contributed by atoms with van der Waals surface area (Å²) in [5.41, 5.74) is 2.29. The Morgan fingerprint density at radius 2 is 1.58 bits per heavy atom. The van der Waals surface area contributed by atoms with Crippen molar-refractivity contribution in [1.82, 2.24) is 4.90 Å². The van der Waals surface area contributed by atoms with E-state index in [1.54, 1.807) is 7.11 Å². The lowest BCUT2D eigenvalue weighted by Crippen LogP contribution is -2.31. The molecule has 24 heavy (non-hydrogen) atoms. The molecule has 128 valence electrons. The molecular weight excluding hydrogens is 298 g/mol. The van der Waals surface area contributed by atoms with Gasteiger partial charge in [0.25, 0.3) is 0 Å². The zero-order chi connectivity index (χ0) is 17.5. The van der Waals surface area contributed by atoms with Crippen LogP contribution in [0.25, 0.3) is 0 Å². The molecule has 3 heteroatoms. The van der Waals surface area contributed by atoms with Crippen molar-refractivity contribution >= 4 is 5.91 Å². The Labute approximate surface area is 145 Å². The van der Waals surface area contributed by atoms with Gasteiger partial charge in [-0.15, -0.1) is 0 Å². The van der Waals surface area contributed by atoms with E-state index in [0.717, 1.165) is 23.4 Å². The van der Waals surface area contributed by atoms with Crippen molar-refractivity contribution in [2.75, 3.05) is 20.7 Å². The fourth-order valence-electron chi connectivity index (χ4n) is 2.93. The van der Waals surface area contributed by atoms with Crippen molar-refractivity contribution in [3.8, 4) is 5.75 Å². The maximum absolute atomic E-state index is 12.7. The molecule has 1 atom stereocenters. The summed E-state index contributed by atoms with van der Waals surface area (Å²) in [6, 6.07) is 18.2. The van der Waals surface area contributed by atoms with Crippen molar-refractivity contribution in [1.29, 1.82) is 0 Å². The van der Waals surface area contributed by atoms with E-state index in [1.165, 1.54) is 0 Å². The first kappa shape index (κ1) is 18.1. The van der Waals surface area contributed by atoms with E-state index in [9.17, 15) is 4.79 Å². The maximum Gasteiger partial charge on any atom is 0.223 e. The van der Waals surface area contributed by atoms with Crippen LogP contribution in [0.15, 0.2) is 54.6 Å². The second kappa shape index (κ2) is 8.53. The molecule has 0 fully saturated rings. The third-order valence-electron chi connectivity index (χ3n) is 4.16. The van der Waals surface area contributed by atoms with Gasteiger partial charge in [0.05, 0.1) is 7.11 Å². The predicted molar refractivity (Wildman–Crippen MR) is 98.4 cm³/mol. The average Bonchev–Trinajstić information content (AvgIpc) is 2.59. The molecule has 0 aliphatic heterocycles. The number of methoxy groups -OCH3 is 1. The standard InChI is InChI=1S/C21H27NO2/c1-16(2)15-22(3)21(23)14-20(17-8-6-5-7-9-17)18-10-12-19(24-4)13-11-18/h5-13,16,20H,14-15H2,1-4H3/t20-/m1/s1. The zero-order valence-electron chi connectivity index (χ0n) is 15.0. The molecule has 0 saturated carbocycles. The van der Waals surface area contributed by atoms with Gasteiger partial charge in [0.2, 0.25) is 5.91 Å². The Hall–Kier alpha value is -2.29. The molecule has 0 N–H and O–H groups in total. The number of carbonyl (C=O) groups is 1. The fourth-order valence-corrected chi connectivity index (χ4v) is 2.93. The van der Waals surface area contributed by atoms with Gasteiger partial charge in [0.15, 0.2) is 0 Å². The molecule has 2 aromatic rings. The van der Waals surface area contributed by atoms with E-state index in [4.69, 9.17) is 4.74 Å². The summed E-state index contributed by atoms with van der Waals surface area (Å²) in [5, 5.41) is 0. The van der Waals surface area contributed by atoms with Crippen LogP contribution in [0.1, 0.15) is 37.3 Å². The number of rotatable bonds is 7. The van der Waals surface area contributed by atoms with E-state index in [-0.39, 0.29) is 11.8 Å². The third kappa shape index (κ3) is 4.85. The summed E-state index contributed by atoms with van der Waals surface area (Å²) >= 11 is 0. The summed E-state index contributed by atoms with van der Waals surface area (Å²) in [7, 11) is 3.55. The van der Waals surface area contributed by atoms with Crippen LogP contribution in [0.3, 0.4) is 0 Å². The van der Waals surface area contributed by atoms with E-state index >= 15 is 0 Å². The lowest BCUT2D eigenvalue weighted by molar-refractivity contribution is -0.130. The van der Waals surface area contributed by atoms with Gasteiger partial charge in [0.1, 0.15) is 5.75 Å². The number of nitrogens with zero attached hydrogens (tertiary/aromatic N) is 1. The number of hydrogen-bond donors (Lipinski definition) is 0. The minimum atomic E-state index is 0.0548. The van der Waals surface area contributed by atoms with E-state index < -0.39 is 0 Å². The van der Waals surface area contributed by atoms with Crippen molar-refractivity contribution in [2.24, 2.45) is 5.92 Å². The highest BCUT2D eigenvalue weighted by Gasteiger charge is 2.20. The summed E-state index contributed by atoms with van der Waals surface area (Å²) < 4.78 is 5.24. The van der Waals surface area contributed by atoms with Gasteiger partial charge in [-0.05, 0) is 29.2 Å². The molecule has 3 nitrogen and oxygen atoms in total. The SMILES string of the molecule is COc1ccc([C@H](CC(=O)N(C)CC(C)C)c2ccccc2)cc1. The molecule has 0 aliphatic rings. The summed E-state index contributed by atoms with van der Waals surface area (Å²) in [6.07, 6.45) is 0.472. The van der Waals surface area contributed by atoms with Crippen molar-refractivity contribution in [3.63, 3.8) is 0 Å². The predicted octanol–water partition coefficient (Wildman–Crippen LogP) is 4.33. The van der Waals surface area contributed by atoms with Gasteiger partial charge in [-0.2, -0.15) is 0 Å². The van der Waals surface area contributed by atoms with Gasteiger partial charge in [0, 0.05) is 25.9 Å². The monoisotopic (exact) mass is 325 g/mol. The van der Waals surface area contributed by atoms with Crippen LogP contribution in [0.2, 0.25) is 0 Å². The molecule has 0 unspecified atom stereocenters. The smallest absolute Gasteiger partial charge is 0.223 e. The van der Waals surface area contributed by atoms with Gasteiger partial charge >= 0.3 is 0 Å². The number of hydrogen-bond acceptors (Lipinski definition) is 2. The van der Waals surface area contributed by atoms with Crippen LogP contribution in [0.4, 0.5) is 0 Å². The molecule has 0 aliphatic carbocycles. The third-order valence-corrected chi connectivity index (χ3v) is 4.16. The minimum absolute atomic E-state index is 0.0548. The van der Waals surface area contributed by atoms with Gasteiger partial charge in [-0.25, -0.2) is 0 Å². The lowest BCUT2D eigenvalue weighted by Gasteiger charge is -2.24. The quantitative estimate of drug-likeness (QED) is 0.758. The second-order valence-corrected chi connectivity index (χ2v) is 6.61. The molecule has 0 heterocycles. The highest BCUT2D eigenvalue weighted by Crippen LogP contribution is 2.30. The molecule has 2 aromatic carbocycles. The summed E-state index contributed by atoms with van der Waals surface area (Å²) in [5.74, 6) is 1.52. The van der Waals surface area contributed by atoms with Crippen LogP contribution in [-0.2, 0) is 4.79 Å². The number of amides is 1. The number of benzene rings is 2. The largest absolute Gasteiger partial charge is 0.497 e. The van der Waals surface area contributed by atoms with Crippen LogP contribution in [0.5, 0.6) is 5.75 Å². The highest BCUT2D eigenvalue weighted by atomic mass is 16.5. The molecule has 1 amide bonds. The first-order valence-corrected chi connectivity index (χ1v) is 8.44. The van der Waals surface area contributed by atoms with Crippen LogP contribution >= 0.6 is 0 Å². The number of ether oxygens (including phenoxy) is 1. The molecular formula is C21H27NO2. The Bertz CT molecular complexity index is 635. The molecule has 2 rings (SSSR count). The molecule has 0 aromatic heterocycles. The Morgan fingerprint density at radius 1 is 1.00 bits per heavy atom. The van der Waals surface area contributed by atoms with Crippen molar-refractivity contribution < 1.29 is 9.53 Å². The summed E-state index contributed by atoms with van der Waals surface area (Å²) in [6.45, 7) is 5.03. The van der Waals surface area contributed by atoms with Crippen molar-refractivity contribution in [3.05, 3.63) is 65.7 Å². The van der Waals surface area contributed by atoms with Gasteiger partial charge in [-0.1, -0.05) is 56.3 Å². The van der Waals surface area contributed by atoms with E-state index in [0.29, 0.717) is 12.3 Å². The topological polar surface area (TPSA) is 29.5 Å².